The Kier molecular flexibility index (Phi) is 4.61. The third-order valence-electron chi connectivity index (χ3n) is 6.22. The lowest BCUT2D eigenvalue weighted by molar-refractivity contribution is -0.120. The van der Waals surface area contributed by atoms with Gasteiger partial charge in [-0.2, -0.15) is 5.26 Å². The molecule has 0 bridgehead atoms. The fourth-order valence-electron chi connectivity index (χ4n) is 4.68. The minimum absolute atomic E-state index is 0.0261. The van der Waals surface area contributed by atoms with Crippen molar-refractivity contribution >= 4 is 5.91 Å². The lowest BCUT2D eigenvalue weighted by atomic mass is 9.87. The quantitative estimate of drug-likeness (QED) is 0.717. The van der Waals surface area contributed by atoms with Crippen molar-refractivity contribution in [2.75, 3.05) is 13.1 Å². The number of hydrogen-bond acceptors (Lipinski definition) is 3. The number of nitriles is 1. The zero-order valence-electron chi connectivity index (χ0n) is 16.8. The number of hydrogen-bond donors (Lipinski definition) is 1. The van der Waals surface area contributed by atoms with Gasteiger partial charge < -0.3 is 5.32 Å². The van der Waals surface area contributed by atoms with Crippen LogP contribution in [0.25, 0.3) is 22.3 Å². The van der Waals surface area contributed by atoms with E-state index in [1.54, 1.807) is 0 Å². The SMILES string of the molecule is N#Cc1cc(-c2cccc(-c3ccccc3)c2)ccc1CN1CC2(CCC(=O)N2)C1. The molecule has 0 atom stereocenters. The standard InChI is InChI=1S/C26H23N3O/c27-15-24-14-22(21-8-4-7-20(13-21)19-5-2-1-3-6-19)9-10-23(24)16-29-17-26(18-29)12-11-25(30)28-26/h1-10,13-14H,11-12,16-18H2,(H,28,30). The number of rotatable bonds is 4. The molecule has 4 heteroatoms. The molecule has 2 saturated heterocycles. The monoisotopic (exact) mass is 393 g/mol. The number of nitrogens with one attached hydrogen (secondary N) is 1. The third-order valence-corrected chi connectivity index (χ3v) is 6.22. The van der Waals surface area contributed by atoms with Gasteiger partial charge in [-0.05, 0) is 46.4 Å². The lowest BCUT2D eigenvalue weighted by Gasteiger charge is -2.48. The summed E-state index contributed by atoms with van der Waals surface area (Å²) < 4.78 is 0. The Balaban J connectivity index is 1.35. The number of benzene rings is 3. The van der Waals surface area contributed by atoms with Crippen molar-refractivity contribution in [3.63, 3.8) is 0 Å². The molecule has 3 aromatic rings. The first-order chi connectivity index (χ1) is 14.6. The van der Waals surface area contributed by atoms with E-state index in [-0.39, 0.29) is 11.4 Å². The Morgan fingerprint density at radius 2 is 1.60 bits per heavy atom. The third kappa shape index (κ3) is 3.49. The smallest absolute Gasteiger partial charge is 0.220 e. The van der Waals surface area contributed by atoms with E-state index in [1.807, 2.05) is 24.3 Å². The molecule has 2 aliphatic heterocycles. The molecule has 0 aromatic heterocycles. The van der Waals surface area contributed by atoms with Gasteiger partial charge in [0.05, 0.1) is 17.2 Å². The highest BCUT2D eigenvalue weighted by Crippen LogP contribution is 2.33. The summed E-state index contributed by atoms with van der Waals surface area (Å²) in [5, 5.41) is 12.9. The van der Waals surface area contributed by atoms with Crippen molar-refractivity contribution in [2.24, 2.45) is 0 Å². The van der Waals surface area contributed by atoms with Gasteiger partial charge in [-0.1, -0.05) is 60.7 Å². The molecule has 148 valence electrons. The number of carbonyl (C=O) groups is 1. The van der Waals surface area contributed by atoms with Crippen LogP contribution in [0.5, 0.6) is 0 Å². The second kappa shape index (κ2) is 7.44. The van der Waals surface area contributed by atoms with Crippen molar-refractivity contribution in [2.45, 2.75) is 24.9 Å². The Bertz CT molecular complexity index is 1140. The van der Waals surface area contributed by atoms with E-state index >= 15 is 0 Å². The van der Waals surface area contributed by atoms with Crippen molar-refractivity contribution in [1.29, 1.82) is 5.26 Å². The van der Waals surface area contributed by atoms with E-state index in [0.29, 0.717) is 12.0 Å². The summed E-state index contributed by atoms with van der Waals surface area (Å²) in [4.78, 5) is 13.8. The Morgan fingerprint density at radius 3 is 2.30 bits per heavy atom. The maximum Gasteiger partial charge on any atom is 0.220 e. The van der Waals surface area contributed by atoms with Crippen molar-refractivity contribution in [1.82, 2.24) is 10.2 Å². The normalized spacial score (nSPS) is 17.4. The Morgan fingerprint density at radius 1 is 0.900 bits per heavy atom. The van der Waals surface area contributed by atoms with Gasteiger partial charge in [0, 0.05) is 26.1 Å². The molecular formula is C26H23N3O. The van der Waals surface area contributed by atoms with Crippen LogP contribution in [0, 0.1) is 11.3 Å². The molecule has 0 radical (unpaired) electrons. The minimum atomic E-state index is -0.0261. The molecule has 0 aliphatic carbocycles. The molecule has 3 aromatic carbocycles. The first kappa shape index (κ1) is 18.6. The first-order valence-electron chi connectivity index (χ1n) is 10.4. The molecule has 5 rings (SSSR count). The van der Waals surface area contributed by atoms with Crippen LogP contribution in [0.1, 0.15) is 24.0 Å². The zero-order chi connectivity index (χ0) is 20.6. The highest BCUT2D eigenvalue weighted by molar-refractivity contribution is 5.80. The van der Waals surface area contributed by atoms with E-state index in [4.69, 9.17) is 0 Å². The maximum absolute atomic E-state index is 11.5. The lowest BCUT2D eigenvalue weighted by Crippen LogP contribution is -2.66. The number of nitrogens with zero attached hydrogens (tertiary/aromatic N) is 2. The van der Waals surface area contributed by atoms with E-state index in [2.05, 4.69) is 64.8 Å². The van der Waals surface area contributed by atoms with Crippen LogP contribution in [-0.4, -0.2) is 29.4 Å². The van der Waals surface area contributed by atoms with Gasteiger partial charge in [0.2, 0.25) is 5.91 Å². The molecule has 1 spiro atoms. The van der Waals surface area contributed by atoms with Gasteiger partial charge in [-0.25, -0.2) is 0 Å². The second-order valence-electron chi connectivity index (χ2n) is 8.40. The number of likely N-dealkylation sites (tertiary alicyclic amines) is 1. The first-order valence-corrected chi connectivity index (χ1v) is 10.4. The fourth-order valence-corrected chi connectivity index (χ4v) is 4.68. The number of carbonyl (C=O) groups excluding carboxylic acids is 1. The molecule has 2 fully saturated rings. The van der Waals surface area contributed by atoms with E-state index in [9.17, 15) is 10.1 Å². The summed E-state index contributed by atoms with van der Waals surface area (Å²) in [6.07, 6.45) is 1.55. The zero-order valence-corrected chi connectivity index (χ0v) is 16.8. The Hall–Kier alpha value is -3.42. The van der Waals surface area contributed by atoms with E-state index in [0.717, 1.165) is 42.7 Å². The van der Waals surface area contributed by atoms with Crippen LogP contribution >= 0.6 is 0 Å². The summed E-state index contributed by atoms with van der Waals surface area (Å²) in [5.41, 5.74) is 6.24. The van der Waals surface area contributed by atoms with Crippen LogP contribution in [0.2, 0.25) is 0 Å². The largest absolute Gasteiger partial charge is 0.348 e. The molecule has 0 saturated carbocycles. The van der Waals surface area contributed by atoms with E-state index in [1.165, 1.54) is 11.1 Å². The molecule has 1 N–H and O–H groups in total. The molecule has 0 unspecified atom stereocenters. The summed E-state index contributed by atoms with van der Waals surface area (Å²) in [7, 11) is 0. The van der Waals surface area contributed by atoms with Gasteiger partial charge in [0.15, 0.2) is 0 Å². The van der Waals surface area contributed by atoms with Gasteiger partial charge in [0.25, 0.3) is 0 Å². The molecule has 2 aliphatic rings. The van der Waals surface area contributed by atoms with Crippen LogP contribution < -0.4 is 5.32 Å². The maximum atomic E-state index is 11.5. The van der Waals surface area contributed by atoms with Gasteiger partial charge in [0.1, 0.15) is 0 Å². The summed E-state index contributed by atoms with van der Waals surface area (Å²) in [6.45, 7) is 2.47. The van der Waals surface area contributed by atoms with Crippen LogP contribution in [0.15, 0.2) is 72.8 Å². The second-order valence-corrected chi connectivity index (χ2v) is 8.40. The number of amides is 1. The average molecular weight is 393 g/mol. The van der Waals surface area contributed by atoms with Crippen LogP contribution in [0.4, 0.5) is 0 Å². The van der Waals surface area contributed by atoms with E-state index < -0.39 is 0 Å². The Labute approximate surface area is 176 Å². The molecule has 2 heterocycles. The highest BCUT2D eigenvalue weighted by atomic mass is 16.2. The van der Waals surface area contributed by atoms with Crippen molar-refractivity contribution in [3.8, 4) is 28.3 Å². The van der Waals surface area contributed by atoms with Gasteiger partial charge in [-0.3, -0.25) is 9.69 Å². The average Bonchev–Trinajstić information content (AvgIpc) is 3.16. The minimum Gasteiger partial charge on any atom is -0.348 e. The summed E-state index contributed by atoms with van der Waals surface area (Å²) >= 11 is 0. The molecule has 1 amide bonds. The van der Waals surface area contributed by atoms with Crippen LogP contribution in [-0.2, 0) is 11.3 Å². The van der Waals surface area contributed by atoms with Crippen molar-refractivity contribution < 1.29 is 4.79 Å². The van der Waals surface area contributed by atoms with Gasteiger partial charge in [-0.15, -0.1) is 0 Å². The predicted octanol–water partition coefficient (Wildman–Crippen LogP) is 4.36. The summed E-state index contributed by atoms with van der Waals surface area (Å²) in [6, 6.07) is 27.3. The molecule has 4 nitrogen and oxygen atoms in total. The fraction of sp³-hybridized carbons (Fsp3) is 0.231. The highest BCUT2D eigenvalue weighted by Gasteiger charge is 2.47. The molecular weight excluding hydrogens is 370 g/mol. The predicted molar refractivity (Wildman–Crippen MR) is 117 cm³/mol. The summed E-state index contributed by atoms with van der Waals surface area (Å²) in [5.74, 6) is 0.162. The molecule has 30 heavy (non-hydrogen) atoms. The topological polar surface area (TPSA) is 56.1 Å². The van der Waals surface area contributed by atoms with Crippen molar-refractivity contribution in [3.05, 3.63) is 83.9 Å². The van der Waals surface area contributed by atoms with Crippen LogP contribution in [0.3, 0.4) is 0 Å². The van der Waals surface area contributed by atoms with Gasteiger partial charge >= 0.3 is 0 Å².